The zero-order chi connectivity index (χ0) is 26.1. The largest absolute Gasteiger partial charge is 0.445 e. The summed E-state index contributed by atoms with van der Waals surface area (Å²) in [5.41, 5.74) is 1.45. The van der Waals surface area contributed by atoms with Gasteiger partial charge in [0, 0.05) is 23.2 Å². The van der Waals surface area contributed by atoms with E-state index in [0.29, 0.717) is 23.0 Å². The Labute approximate surface area is 211 Å². The number of benzene rings is 2. The molecule has 1 aliphatic carbocycles. The number of carbonyl (C=O) groups is 4. The van der Waals surface area contributed by atoms with Gasteiger partial charge in [-0.05, 0) is 75.8 Å². The number of hydrogen-bond acceptors (Lipinski definition) is 6. The Morgan fingerprint density at radius 1 is 1.11 bits per heavy atom. The molecule has 0 radical (unpaired) electrons. The van der Waals surface area contributed by atoms with Crippen molar-refractivity contribution >= 4 is 24.4 Å². The molecular weight excluding hydrogens is 460 g/mol. The first-order chi connectivity index (χ1) is 17.0. The van der Waals surface area contributed by atoms with E-state index in [4.69, 9.17) is 9.47 Å². The van der Waals surface area contributed by atoms with Crippen molar-refractivity contribution in [3.63, 3.8) is 0 Å². The van der Waals surface area contributed by atoms with Crippen molar-refractivity contribution in [2.75, 3.05) is 0 Å². The number of carbonyl (C=O) groups excluding carboxylic acids is 4. The summed E-state index contributed by atoms with van der Waals surface area (Å²) in [4.78, 5) is 53.5. The lowest BCUT2D eigenvalue weighted by Gasteiger charge is -2.47. The molecule has 0 saturated heterocycles. The van der Waals surface area contributed by atoms with Crippen molar-refractivity contribution in [3.05, 3.63) is 70.3 Å². The number of fused-ring (bicyclic) bond motifs is 1. The van der Waals surface area contributed by atoms with Crippen LogP contribution in [-0.2, 0) is 29.2 Å². The van der Waals surface area contributed by atoms with E-state index in [1.807, 2.05) is 37.3 Å². The summed E-state index contributed by atoms with van der Waals surface area (Å²) in [6, 6.07) is 12.8. The van der Waals surface area contributed by atoms with Crippen LogP contribution in [0.2, 0.25) is 0 Å². The molecule has 4 rings (SSSR count). The Kier molecular flexibility index (Phi) is 6.89. The van der Waals surface area contributed by atoms with Gasteiger partial charge < -0.3 is 9.47 Å². The van der Waals surface area contributed by atoms with Crippen molar-refractivity contribution < 1.29 is 28.7 Å². The number of aldehydes is 1. The minimum atomic E-state index is -0.760. The molecule has 0 N–H and O–H groups in total. The number of ether oxygens (including phenoxy) is 2. The van der Waals surface area contributed by atoms with Gasteiger partial charge in [-0.2, -0.15) is 0 Å². The van der Waals surface area contributed by atoms with Gasteiger partial charge in [0.1, 0.15) is 18.5 Å². The maximum absolute atomic E-state index is 13.2. The fraction of sp³-hybridized carbons (Fsp3) is 0.429. The van der Waals surface area contributed by atoms with Crippen molar-refractivity contribution in [1.82, 2.24) is 9.80 Å². The second kappa shape index (κ2) is 9.76. The Morgan fingerprint density at radius 2 is 1.81 bits per heavy atom. The monoisotopic (exact) mass is 492 g/mol. The molecule has 36 heavy (non-hydrogen) atoms. The van der Waals surface area contributed by atoms with E-state index >= 15 is 0 Å². The summed E-state index contributed by atoms with van der Waals surface area (Å²) < 4.78 is 11.0. The summed E-state index contributed by atoms with van der Waals surface area (Å²) in [6.07, 6.45) is 2.16. The van der Waals surface area contributed by atoms with Gasteiger partial charge in [0.05, 0.1) is 6.54 Å². The summed E-state index contributed by atoms with van der Waals surface area (Å²) >= 11 is 0. The van der Waals surface area contributed by atoms with Crippen LogP contribution in [0.1, 0.15) is 84.4 Å². The second-order valence-corrected chi connectivity index (χ2v) is 10.7. The molecule has 8 nitrogen and oxygen atoms in total. The van der Waals surface area contributed by atoms with Gasteiger partial charge in [-0.1, -0.05) is 30.3 Å². The van der Waals surface area contributed by atoms with Crippen LogP contribution < -0.4 is 0 Å². The predicted octanol–water partition coefficient (Wildman–Crippen LogP) is 5.47. The normalized spacial score (nSPS) is 16.1. The van der Waals surface area contributed by atoms with Crippen LogP contribution in [0.4, 0.5) is 9.59 Å². The fourth-order valence-electron chi connectivity index (χ4n) is 4.57. The van der Waals surface area contributed by atoms with Crippen molar-refractivity contribution in [2.45, 2.75) is 77.8 Å². The van der Waals surface area contributed by atoms with Crippen LogP contribution in [-0.4, -0.2) is 45.3 Å². The highest BCUT2D eigenvalue weighted by molar-refractivity contribution is 6.08. The Bertz CT molecular complexity index is 1180. The van der Waals surface area contributed by atoms with Gasteiger partial charge >= 0.3 is 12.2 Å². The molecule has 0 spiro atoms. The zero-order valence-electron chi connectivity index (χ0n) is 21.2. The molecule has 3 amide bonds. The lowest BCUT2D eigenvalue weighted by Crippen LogP contribution is -2.53. The van der Waals surface area contributed by atoms with E-state index in [9.17, 15) is 19.2 Å². The van der Waals surface area contributed by atoms with Crippen LogP contribution in [0.25, 0.3) is 0 Å². The minimum absolute atomic E-state index is 0.0298. The number of amides is 3. The second-order valence-electron chi connectivity index (χ2n) is 10.7. The molecule has 0 bridgehead atoms. The molecular formula is C28H32N2O6. The van der Waals surface area contributed by atoms with Gasteiger partial charge in [0.15, 0.2) is 0 Å². The van der Waals surface area contributed by atoms with Gasteiger partial charge in [0.2, 0.25) is 0 Å². The smallest absolute Gasteiger partial charge is 0.417 e. The van der Waals surface area contributed by atoms with E-state index in [0.717, 1.165) is 29.7 Å². The Hall–Kier alpha value is -3.68. The quantitative estimate of drug-likeness (QED) is 0.497. The van der Waals surface area contributed by atoms with Crippen LogP contribution >= 0.6 is 0 Å². The third-order valence-electron chi connectivity index (χ3n) is 6.73. The van der Waals surface area contributed by atoms with Crippen LogP contribution in [0.15, 0.2) is 42.5 Å². The summed E-state index contributed by atoms with van der Waals surface area (Å²) in [5, 5.41) is 0. The van der Waals surface area contributed by atoms with E-state index in [1.165, 1.54) is 0 Å². The Morgan fingerprint density at radius 3 is 2.39 bits per heavy atom. The molecule has 2 aromatic rings. The average molecular weight is 493 g/mol. The molecule has 2 aromatic carbocycles. The lowest BCUT2D eigenvalue weighted by atomic mass is 9.77. The van der Waals surface area contributed by atoms with Crippen LogP contribution in [0.3, 0.4) is 0 Å². The first kappa shape index (κ1) is 25.4. The number of rotatable bonds is 6. The maximum Gasteiger partial charge on any atom is 0.417 e. The third-order valence-corrected chi connectivity index (χ3v) is 6.73. The van der Waals surface area contributed by atoms with Gasteiger partial charge in [0.25, 0.3) is 5.91 Å². The fourth-order valence-corrected chi connectivity index (χ4v) is 4.57. The number of nitrogens with zero attached hydrogens (tertiary/aromatic N) is 2. The van der Waals surface area contributed by atoms with E-state index < -0.39 is 23.7 Å². The average Bonchev–Trinajstić information content (AvgIpc) is 3.15. The minimum Gasteiger partial charge on any atom is -0.445 e. The molecule has 0 unspecified atom stereocenters. The molecule has 0 aromatic heterocycles. The number of hydrogen-bond donors (Lipinski definition) is 0. The van der Waals surface area contributed by atoms with Crippen LogP contribution in [0, 0.1) is 0 Å². The molecule has 1 heterocycles. The van der Waals surface area contributed by atoms with Crippen molar-refractivity contribution in [3.8, 4) is 0 Å². The lowest BCUT2D eigenvalue weighted by molar-refractivity contribution is 0.0104. The maximum atomic E-state index is 13.2. The van der Waals surface area contributed by atoms with Gasteiger partial charge in [-0.3, -0.25) is 14.5 Å². The van der Waals surface area contributed by atoms with Crippen LogP contribution in [0.5, 0.6) is 0 Å². The predicted molar refractivity (Wildman–Crippen MR) is 132 cm³/mol. The number of imide groups is 1. The summed E-state index contributed by atoms with van der Waals surface area (Å²) in [7, 11) is 0. The highest BCUT2D eigenvalue weighted by Crippen LogP contribution is 2.39. The topological polar surface area (TPSA) is 93.2 Å². The first-order valence-corrected chi connectivity index (χ1v) is 12.1. The highest BCUT2D eigenvalue weighted by Gasteiger charge is 2.42. The molecule has 2 aliphatic rings. The standard InChI is InChI=1S/C28H32N2O6/c1-27(2,3)36-25(33)29-16-23-21(17-31)13-20(14-22(23)24(29)32)15-30(28(4)11-8-12-28)26(34)35-18-19-9-6-5-7-10-19/h5-7,9-10,13-14,17H,8,11-12,15-16,18H2,1-4H3. The summed E-state index contributed by atoms with van der Waals surface area (Å²) in [6.45, 7) is 7.49. The zero-order valence-corrected chi connectivity index (χ0v) is 21.2. The SMILES string of the molecule is CC(C)(C)OC(=O)N1Cc2c(C=O)cc(CN(C(=O)OCc3ccccc3)C3(C)CCC3)cc2C1=O. The Balaban J connectivity index is 1.57. The summed E-state index contributed by atoms with van der Waals surface area (Å²) in [5.74, 6) is -0.516. The first-order valence-electron chi connectivity index (χ1n) is 12.1. The molecule has 190 valence electrons. The van der Waals surface area contributed by atoms with Crippen molar-refractivity contribution in [2.24, 2.45) is 0 Å². The third kappa shape index (κ3) is 5.27. The highest BCUT2D eigenvalue weighted by atomic mass is 16.6. The molecule has 1 saturated carbocycles. The van der Waals surface area contributed by atoms with Crippen molar-refractivity contribution in [1.29, 1.82) is 0 Å². The molecule has 8 heteroatoms. The van der Waals surface area contributed by atoms with E-state index in [1.54, 1.807) is 37.8 Å². The van der Waals surface area contributed by atoms with E-state index in [-0.39, 0.29) is 30.8 Å². The molecule has 0 atom stereocenters. The van der Waals surface area contributed by atoms with E-state index in [2.05, 4.69) is 0 Å². The molecule has 1 aliphatic heterocycles. The van der Waals surface area contributed by atoms with Gasteiger partial charge in [-0.25, -0.2) is 14.5 Å². The molecule has 1 fully saturated rings. The van der Waals surface area contributed by atoms with Gasteiger partial charge in [-0.15, -0.1) is 0 Å².